The zero-order chi connectivity index (χ0) is 20.1. The Balaban J connectivity index is 1.85. The summed E-state index contributed by atoms with van der Waals surface area (Å²) in [6, 6.07) is 6.50. The second-order valence-electron chi connectivity index (χ2n) is 6.29. The number of amides is 1. The summed E-state index contributed by atoms with van der Waals surface area (Å²) in [7, 11) is -4.05. The molecule has 0 saturated carbocycles. The molecule has 1 aromatic rings. The van der Waals surface area contributed by atoms with E-state index in [1.54, 1.807) is 17.0 Å². The van der Waals surface area contributed by atoms with Crippen LogP contribution in [0.4, 0.5) is 18.9 Å². The molecule has 6 nitrogen and oxygen atoms in total. The highest BCUT2D eigenvalue weighted by Gasteiger charge is 2.29. The van der Waals surface area contributed by atoms with Crippen molar-refractivity contribution < 1.29 is 26.4 Å². The van der Waals surface area contributed by atoms with Crippen LogP contribution in [0.2, 0.25) is 0 Å². The Kier molecular flexibility index (Phi) is 6.88. The average Bonchev–Trinajstić information content (AvgIpc) is 2.61. The number of benzene rings is 1. The Morgan fingerprint density at radius 3 is 2.26 bits per heavy atom. The number of nitrogens with zero attached hydrogens (tertiary/aromatic N) is 2. The zero-order valence-corrected chi connectivity index (χ0v) is 15.5. The van der Waals surface area contributed by atoms with Gasteiger partial charge in [-0.2, -0.15) is 13.2 Å². The number of hydrogen-bond donors (Lipinski definition) is 1. The van der Waals surface area contributed by atoms with E-state index in [2.05, 4.69) is 16.2 Å². The molecule has 0 unspecified atom stereocenters. The molecule has 0 aliphatic carbocycles. The highest BCUT2D eigenvalue weighted by atomic mass is 32.2. The zero-order valence-electron chi connectivity index (χ0n) is 14.7. The number of halogens is 3. The maximum absolute atomic E-state index is 12.2. The summed E-state index contributed by atoms with van der Waals surface area (Å²) >= 11 is 0. The number of carbonyl (C=O) groups excluding carboxylic acids is 1. The van der Waals surface area contributed by atoms with Crippen molar-refractivity contribution in [1.82, 2.24) is 9.80 Å². The summed E-state index contributed by atoms with van der Waals surface area (Å²) in [6.07, 6.45) is -4.61. The van der Waals surface area contributed by atoms with Crippen molar-refractivity contribution in [3.05, 3.63) is 42.5 Å². The molecule has 0 atom stereocenters. The van der Waals surface area contributed by atoms with Crippen LogP contribution >= 0.6 is 0 Å². The van der Waals surface area contributed by atoms with Crippen LogP contribution in [0.1, 0.15) is 12.0 Å². The molecule has 2 rings (SSSR count). The molecule has 1 aromatic carbocycles. The number of sulfonamides is 1. The topological polar surface area (TPSA) is 69.7 Å². The van der Waals surface area contributed by atoms with E-state index in [9.17, 15) is 26.4 Å². The molecule has 1 aliphatic heterocycles. The van der Waals surface area contributed by atoms with Gasteiger partial charge in [-0.25, -0.2) is 8.42 Å². The number of hydrogen-bond acceptors (Lipinski definition) is 4. The second-order valence-corrected chi connectivity index (χ2v) is 8.13. The highest BCUT2D eigenvalue weighted by molar-refractivity contribution is 7.92. The van der Waals surface area contributed by atoms with Gasteiger partial charge in [-0.15, -0.1) is 0 Å². The van der Waals surface area contributed by atoms with Gasteiger partial charge >= 0.3 is 6.18 Å². The molecule has 1 fully saturated rings. The standard InChI is InChI=1S/C17H22F3N3O3S/c1-2-16(24)23-10-8-22(9-11-23)13-14-3-5-15(6-4-14)21-27(25,26)12-7-17(18,19)20/h2-6,21H,1,7-13H2. The predicted octanol–water partition coefficient (Wildman–Crippen LogP) is 2.21. The maximum atomic E-state index is 12.2. The van der Waals surface area contributed by atoms with Gasteiger partial charge in [-0.05, 0) is 23.8 Å². The van der Waals surface area contributed by atoms with Crippen LogP contribution in [0, 0.1) is 0 Å². The molecule has 1 aliphatic rings. The van der Waals surface area contributed by atoms with Crippen LogP contribution < -0.4 is 4.72 Å². The van der Waals surface area contributed by atoms with Gasteiger partial charge in [0.05, 0.1) is 12.2 Å². The van der Waals surface area contributed by atoms with Crippen LogP contribution in [-0.4, -0.2) is 62.2 Å². The van der Waals surface area contributed by atoms with E-state index >= 15 is 0 Å². The molecule has 1 amide bonds. The van der Waals surface area contributed by atoms with E-state index in [1.165, 1.54) is 18.2 Å². The van der Waals surface area contributed by atoms with Gasteiger partial charge in [0, 0.05) is 38.4 Å². The average molecular weight is 405 g/mol. The van der Waals surface area contributed by atoms with E-state index in [4.69, 9.17) is 0 Å². The summed E-state index contributed by atoms with van der Waals surface area (Å²) in [6.45, 7) is 6.76. The summed E-state index contributed by atoms with van der Waals surface area (Å²) in [5, 5.41) is 0. The third-order valence-electron chi connectivity index (χ3n) is 4.15. The van der Waals surface area contributed by atoms with Crippen molar-refractivity contribution in [2.75, 3.05) is 36.7 Å². The molecule has 0 bridgehead atoms. The van der Waals surface area contributed by atoms with Crippen molar-refractivity contribution in [2.45, 2.75) is 19.1 Å². The fourth-order valence-corrected chi connectivity index (χ4v) is 3.77. The Labute approximate surface area is 156 Å². The van der Waals surface area contributed by atoms with Gasteiger partial charge in [0.1, 0.15) is 0 Å². The summed E-state index contributed by atoms with van der Waals surface area (Å²) in [5.74, 6) is -1.09. The Hall–Kier alpha value is -2.07. The lowest BCUT2D eigenvalue weighted by atomic mass is 10.2. The first-order valence-electron chi connectivity index (χ1n) is 8.38. The number of anilines is 1. The van der Waals surface area contributed by atoms with Crippen molar-refractivity contribution >= 4 is 21.6 Å². The van der Waals surface area contributed by atoms with Gasteiger partial charge in [-0.1, -0.05) is 18.7 Å². The smallest absolute Gasteiger partial charge is 0.337 e. The molecule has 1 heterocycles. The van der Waals surface area contributed by atoms with Gasteiger partial charge < -0.3 is 4.90 Å². The first-order valence-corrected chi connectivity index (χ1v) is 10.0. The van der Waals surface area contributed by atoms with Gasteiger partial charge in [0.2, 0.25) is 15.9 Å². The minimum Gasteiger partial charge on any atom is -0.337 e. The van der Waals surface area contributed by atoms with E-state index in [1.807, 2.05) is 0 Å². The molecule has 0 spiro atoms. The summed E-state index contributed by atoms with van der Waals surface area (Å²) in [4.78, 5) is 15.4. The molecule has 1 saturated heterocycles. The van der Waals surface area contributed by atoms with Crippen LogP contribution in [0.3, 0.4) is 0 Å². The Morgan fingerprint density at radius 1 is 1.15 bits per heavy atom. The summed E-state index contributed by atoms with van der Waals surface area (Å²) in [5.41, 5.74) is 1.17. The number of piperazine rings is 1. The number of carbonyl (C=O) groups is 1. The van der Waals surface area contributed by atoms with Crippen LogP contribution in [0.25, 0.3) is 0 Å². The number of rotatable bonds is 7. The monoisotopic (exact) mass is 405 g/mol. The van der Waals surface area contributed by atoms with Gasteiger partial charge in [0.15, 0.2) is 0 Å². The van der Waals surface area contributed by atoms with Gasteiger partial charge in [-0.3, -0.25) is 14.4 Å². The molecular weight excluding hydrogens is 383 g/mol. The van der Waals surface area contributed by atoms with E-state index in [0.29, 0.717) is 32.7 Å². The lowest BCUT2D eigenvalue weighted by Crippen LogP contribution is -2.47. The third-order valence-corrected chi connectivity index (χ3v) is 5.43. The van der Waals surface area contributed by atoms with E-state index in [-0.39, 0.29) is 11.6 Å². The Morgan fingerprint density at radius 2 is 1.74 bits per heavy atom. The molecule has 0 aromatic heterocycles. The van der Waals surface area contributed by atoms with Crippen LogP contribution in [0.5, 0.6) is 0 Å². The van der Waals surface area contributed by atoms with Crippen molar-refractivity contribution in [1.29, 1.82) is 0 Å². The molecule has 0 radical (unpaired) electrons. The second kappa shape index (κ2) is 8.75. The maximum Gasteiger partial charge on any atom is 0.390 e. The van der Waals surface area contributed by atoms with Gasteiger partial charge in [0.25, 0.3) is 0 Å². The first kappa shape index (κ1) is 21.2. The predicted molar refractivity (Wildman–Crippen MR) is 96.6 cm³/mol. The minimum atomic E-state index is -4.51. The molecule has 150 valence electrons. The summed E-state index contributed by atoms with van der Waals surface area (Å²) < 4.78 is 62.0. The quantitative estimate of drug-likeness (QED) is 0.707. The lowest BCUT2D eigenvalue weighted by Gasteiger charge is -2.34. The van der Waals surface area contributed by atoms with Crippen LogP contribution in [0.15, 0.2) is 36.9 Å². The van der Waals surface area contributed by atoms with Crippen LogP contribution in [-0.2, 0) is 21.4 Å². The van der Waals surface area contributed by atoms with Crippen molar-refractivity contribution in [3.63, 3.8) is 0 Å². The molecular formula is C17H22F3N3O3S. The molecule has 10 heteroatoms. The fraction of sp³-hybridized carbons (Fsp3) is 0.471. The van der Waals surface area contributed by atoms with E-state index in [0.717, 1.165) is 5.56 Å². The van der Waals surface area contributed by atoms with Crippen molar-refractivity contribution in [2.24, 2.45) is 0 Å². The first-order chi connectivity index (χ1) is 12.6. The largest absolute Gasteiger partial charge is 0.390 e. The lowest BCUT2D eigenvalue weighted by molar-refractivity contribution is -0.130. The normalized spacial score (nSPS) is 16.2. The number of alkyl halides is 3. The van der Waals surface area contributed by atoms with E-state index < -0.39 is 28.4 Å². The Bertz CT molecular complexity index is 756. The minimum absolute atomic E-state index is 0.0863. The van der Waals surface area contributed by atoms with Crippen molar-refractivity contribution in [3.8, 4) is 0 Å². The fourth-order valence-electron chi connectivity index (χ4n) is 2.67. The number of nitrogens with one attached hydrogen (secondary N) is 1. The molecule has 27 heavy (non-hydrogen) atoms. The third kappa shape index (κ3) is 7.22. The highest BCUT2D eigenvalue weighted by Crippen LogP contribution is 2.21. The molecule has 1 N–H and O–H groups in total. The SMILES string of the molecule is C=CC(=O)N1CCN(Cc2ccc(NS(=O)(=O)CCC(F)(F)F)cc2)CC1.